The van der Waals surface area contributed by atoms with Gasteiger partial charge in [-0.15, -0.1) is 0 Å². The minimum Gasteiger partial charge on any atom is -0.464 e. The molecular weight excluding hydrogens is 378 g/mol. The zero-order valence-electron chi connectivity index (χ0n) is 16.0. The van der Waals surface area contributed by atoms with Crippen LogP contribution in [0.5, 0.6) is 5.75 Å². The maximum atomic E-state index is 9.35. The minimum atomic E-state index is 0.447. The van der Waals surface area contributed by atoms with E-state index in [1.807, 2.05) is 24.7 Å². The summed E-state index contributed by atoms with van der Waals surface area (Å²) in [5.74, 6) is 1.29. The quantitative estimate of drug-likeness (QED) is 0.672. The molecule has 1 aromatic carbocycles. The molecule has 8 nitrogen and oxygen atoms in total. The normalized spacial score (nSPS) is 16.7. The maximum absolute atomic E-state index is 9.35. The van der Waals surface area contributed by atoms with E-state index in [0.29, 0.717) is 29.0 Å². The van der Waals surface area contributed by atoms with E-state index in [2.05, 4.69) is 35.8 Å². The van der Waals surface area contributed by atoms with Crippen molar-refractivity contribution in [2.24, 2.45) is 9.98 Å². The molecule has 146 valence electrons. The van der Waals surface area contributed by atoms with Gasteiger partial charge in [-0.2, -0.15) is 5.26 Å². The summed E-state index contributed by atoms with van der Waals surface area (Å²) in [7, 11) is 0. The maximum Gasteiger partial charge on any atom is 0.160 e. The van der Waals surface area contributed by atoms with Gasteiger partial charge in [0.15, 0.2) is 5.49 Å². The second kappa shape index (κ2) is 7.64. The van der Waals surface area contributed by atoms with Gasteiger partial charge in [0.2, 0.25) is 0 Å². The van der Waals surface area contributed by atoms with Gasteiger partial charge in [-0.05, 0) is 24.3 Å². The van der Waals surface area contributed by atoms with Gasteiger partial charge in [-0.3, -0.25) is 9.98 Å². The second-order valence-electron chi connectivity index (χ2n) is 6.81. The van der Waals surface area contributed by atoms with Crippen LogP contribution < -0.4 is 20.3 Å². The molecule has 2 aromatic rings. The van der Waals surface area contributed by atoms with Crippen LogP contribution in [0.25, 0.3) is 5.57 Å². The number of hydrogen-bond donors (Lipinski definition) is 0. The van der Waals surface area contributed by atoms with E-state index in [1.54, 1.807) is 43.1 Å². The van der Waals surface area contributed by atoms with Crippen LogP contribution in [0.15, 0.2) is 71.5 Å². The van der Waals surface area contributed by atoms with Crippen LogP contribution in [0.4, 0.5) is 11.5 Å². The summed E-state index contributed by atoms with van der Waals surface area (Å²) < 4.78 is 5.67. The van der Waals surface area contributed by atoms with Crippen molar-refractivity contribution in [2.45, 2.75) is 0 Å². The number of allylic oxidation sites excluding steroid dienone is 2. The van der Waals surface area contributed by atoms with Crippen molar-refractivity contribution in [1.29, 1.82) is 5.26 Å². The lowest BCUT2D eigenvalue weighted by molar-refractivity contribution is 0.478. The van der Waals surface area contributed by atoms with Gasteiger partial charge in [0.25, 0.3) is 0 Å². The first-order valence-corrected chi connectivity index (χ1v) is 9.49. The molecule has 0 saturated heterocycles. The third kappa shape index (κ3) is 3.33. The predicted molar refractivity (Wildman–Crippen MR) is 112 cm³/mol. The highest BCUT2D eigenvalue weighted by molar-refractivity contribution is 6.05. The monoisotopic (exact) mass is 395 g/mol. The van der Waals surface area contributed by atoms with Crippen molar-refractivity contribution in [3.8, 4) is 11.8 Å². The Labute approximate surface area is 172 Å². The zero-order valence-corrected chi connectivity index (χ0v) is 16.0. The Morgan fingerprint density at radius 1 is 1.07 bits per heavy atom. The molecule has 1 aromatic heterocycles. The lowest BCUT2D eigenvalue weighted by Crippen LogP contribution is -2.39. The van der Waals surface area contributed by atoms with Crippen LogP contribution in [0, 0.1) is 11.3 Å². The minimum absolute atomic E-state index is 0.447. The number of aromatic nitrogens is 2. The number of aliphatic imine (C=N–C) groups is 1. The number of nitriles is 1. The van der Waals surface area contributed by atoms with Crippen molar-refractivity contribution in [3.63, 3.8) is 0 Å². The molecule has 0 spiro atoms. The zero-order chi connectivity index (χ0) is 20.3. The standard InChI is InChI=1S/C22H17N7O/c23-12-16-3-4-18-11-19(16)30-10-2-1-5-28-6-8-29(9-7-28)22-20-17(13-24-18)14-25-21(20)26-15-27-22/h1-6,8,10-11,13,15H,7,9,14H2. The number of benzene rings is 1. The summed E-state index contributed by atoms with van der Waals surface area (Å²) in [6, 6.07) is 7.38. The fourth-order valence-corrected chi connectivity index (χ4v) is 3.43. The van der Waals surface area contributed by atoms with Gasteiger partial charge in [-0.25, -0.2) is 9.97 Å². The predicted octanol–water partition coefficient (Wildman–Crippen LogP) is 1.55. The molecule has 0 fully saturated rings. The highest BCUT2D eigenvalue weighted by Crippen LogP contribution is 2.25. The van der Waals surface area contributed by atoms with Gasteiger partial charge in [0.1, 0.15) is 24.0 Å². The summed E-state index contributed by atoms with van der Waals surface area (Å²) in [4.78, 5) is 22.2. The van der Waals surface area contributed by atoms with Gasteiger partial charge >= 0.3 is 0 Å². The van der Waals surface area contributed by atoms with Crippen molar-refractivity contribution in [2.75, 3.05) is 24.5 Å². The summed E-state index contributed by atoms with van der Waals surface area (Å²) in [6.45, 7) is 2.08. The largest absolute Gasteiger partial charge is 0.464 e. The Kier molecular flexibility index (Phi) is 4.54. The highest BCUT2D eigenvalue weighted by atomic mass is 16.5. The lowest BCUT2D eigenvalue weighted by atomic mass is 10.2. The summed E-state index contributed by atoms with van der Waals surface area (Å²) >= 11 is 0. The fourth-order valence-electron chi connectivity index (χ4n) is 3.43. The number of anilines is 1. The van der Waals surface area contributed by atoms with Crippen LogP contribution in [-0.4, -0.2) is 40.7 Å². The molecule has 0 saturated carbocycles. The van der Waals surface area contributed by atoms with E-state index in [-0.39, 0.29) is 0 Å². The highest BCUT2D eigenvalue weighted by Gasteiger charge is 2.17. The molecule has 5 heterocycles. The first kappa shape index (κ1) is 17.8. The Morgan fingerprint density at radius 2 is 2.03 bits per heavy atom. The van der Waals surface area contributed by atoms with E-state index < -0.39 is 0 Å². The van der Waals surface area contributed by atoms with Gasteiger partial charge in [0.05, 0.1) is 29.3 Å². The molecule has 0 unspecified atom stereocenters. The molecule has 6 rings (SSSR count). The van der Waals surface area contributed by atoms with Crippen LogP contribution >= 0.6 is 0 Å². The van der Waals surface area contributed by atoms with Gasteiger partial charge in [-0.1, -0.05) is 0 Å². The number of hydrogen-bond acceptors (Lipinski definition) is 8. The summed E-state index contributed by atoms with van der Waals surface area (Å²) in [5, 5.41) is 10.3. The SMILES string of the molecule is N#Cc1ccc2cc1OC=CC=CN1C=CN(CC1)c1ncnc3c1=C(C=N2)CN=3. The molecule has 0 aliphatic carbocycles. The van der Waals surface area contributed by atoms with Crippen molar-refractivity contribution < 1.29 is 4.74 Å². The molecule has 4 aliphatic rings. The van der Waals surface area contributed by atoms with E-state index in [9.17, 15) is 5.26 Å². The van der Waals surface area contributed by atoms with E-state index in [0.717, 1.165) is 29.7 Å². The second-order valence-corrected chi connectivity index (χ2v) is 6.81. The fraction of sp³-hybridized carbons (Fsp3) is 0.136. The van der Waals surface area contributed by atoms with Crippen LogP contribution in [0.3, 0.4) is 0 Å². The number of nitrogens with zero attached hydrogens (tertiary/aromatic N) is 7. The topological polar surface area (TPSA) is 90.0 Å². The van der Waals surface area contributed by atoms with E-state index in [4.69, 9.17) is 4.74 Å². The Morgan fingerprint density at radius 3 is 2.90 bits per heavy atom. The number of rotatable bonds is 0. The smallest absolute Gasteiger partial charge is 0.160 e. The third-order valence-corrected chi connectivity index (χ3v) is 4.95. The van der Waals surface area contributed by atoms with Crippen LogP contribution in [0.2, 0.25) is 0 Å². The molecule has 0 N–H and O–H groups in total. The molecular formula is C22H17N7O. The third-order valence-electron chi connectivity index (χ3n) is 4.95. The molecule has 8 heteroatoms. The molecule has 0 radical (unpaired) electrons. The van der Waals surface area contributed by atoms with Crippen molar-refractivity contribution in [3.05, 3.63) is 77.8 Å². The average Bonchev–Trinajstić information content (AvgIpc) is 3.21. The average molecular weight is 395 g/mol. The Bertz CT molecular complexity index is 1280. The Hall–Kier alpha value is -4.25. The molecule has 0 amide bonds. The number of ether oxygens (including phenoxy) is 1. The molecule has 30 heavy (non-hydrogen) atoms. The van der Waals surface area contributed by atoms with Crippen LogP contribution in [0.1, 0.15) is 5.56 Å². The van der Waals surface area contributed by atoms with Gasteiger partial charge < -0.3 is 14.5 Å². The van der Waals surface area contributed by atoms with E-state index in [1.165, 1.54) is 0 Å². The first-order valence-electron chi connectivity index (χ1n) is 9.49. The Balaban J connectivity index is 1.66. The van der Waals surface area contributed by atoms with Crippen molar-refractivity contribution in [1.82, 2.24) is 14.9 Å². The molecule has 0 atom stereocenters. The first-order chi connectivity index (χ1) is 14.8. The van der Waals surface area contributed by atoms with Crippen LogP contribution in [-0.2, 0) is 0 Å². The summed E-state index contributed by atoms with van der Waals surface area (Å²) in [5.41, 5.74) is 2.77. The lowest BCUT2D eigenvalue weighted by Gasteiger charge is -2.28. The van der Waals surface area contributed by atoms with Crippen molar-refractivity contribution >= 4 is 23.3 Å². The number of fused-ring (bicyclic) bond motifs is 3. The molecule has 4 aliphatic heterocycles. The molecule has 4 bridgehead atoms. The summed E-state index contributed by atoms with van der Waals surface area (Å²) in [6.07, 6.45) is 14.5. The van der Waals surface area contributed by atoms with Gasteiger partial charge in [0, 0.05) is 49.5 Å². The van der Waals surface area contributed by atoms with E-state index >= 15 is 0 Å².